The number of amides is 1. The SMILES string of the molecule is CCCCN(CCC(N)=S)C(=O)CC. The average molecular weight is 216 g/mol. The summed E-state index contributed by atoms with van der Waals surface area (Å²) in [6.07, 6.45) is 3.33. The van der Waals surface area contributed by atoms with Crippen molar-refractivity contribution in [3.63, 3.8) is 0 Å². The maximum Gasteiger partial charge on any atom is 0.222 e. The molecule has 82 valence electrons. The first-order chi connectivity index (χ1) is 6.61. The van der Waals surface area contributed by atoms with E-state index in [1.807, 2.05) is 11.8 Å². The van der Waals surface area contributed by atoms with Gasteiger partial charge in [0.25, 0.3) is 0 Å². The number of carbonyl (C=O) groups excluding carboxylic acids is 1. The molecular weight excluding hydrogens is 196 g/mol. The smallest absolute Gasteiger partial charge is 0.222 e. The Morgan fingerprint density at radius 1 is 1.36 bits per heavy atom. The van der Waals surface area contributed by atoms with Crippen LogP contribution in [0.25, 0.3) is 0 Å². The van der Waals surface area contributed by atoms with E-state index in [1.165, 1.54) is 0 Å². The van der Waals surface area contributed by atoms with Crippen LogP contribution < -0.4 is 5.73 Å². The predicted octanol–water partition coefficient (Wildman–Crippen LogP) is 1.70. The van der Waals surface area contributed by atoms with Gasteiger partial charge in [0.05, 0.1) is 4.99 Å². The molecule has 4 heteroatoms. The molecule has 0 saturated carbocycles. The molecule has 3 nitrogen and oxygen atoms in total. The molecule has 0 heterocycles. The topological polar surface area (TPSA) is 46.3 Å². The Bertz CT molecular complexity index is 195. The summed E-state index contributed by atoms with van der Waals surface area (Å²) in [6.45, 7) is 5.48. The molecule has 1 amide bonds. The van der Waals surface area contributed by atoms with Crippen LogP contribution in [-0.2, 0) is 4.79 Å². The largest absolute Gasteiger partial charge is 0.393 e. The number of unbranched alkanes of at least 4 members (excludes halogenated alkanes) is 1. The van der Waals surface area contributed by atoms with Crippen molar-refractivity contribution in [2.75, 3.05) is 13.1 Å². The Balaban J connectivity index is 3.96. The fourth-order valence-electron chi connectivity index (χ4n) is 1.18. The highest BCUT2D eigenvalue weighted by atomic mass is 32.1. The van der Waals surface area contributed by atoms with Crippen molar-refractivity contribution >= 4 is 23.1 Å². The third-order valence-electron chi connectivity index (χ3n) is 2.06. The summed E-state index contributed by atoms with van der Waals surface area (Å²) in [5.74, 6) is 0.190. The van der Waals surface area contributed by atoms with Gasteiger partial charge in [-0.3, -0.25) is 4.79 Å². The van der Waals surface area contributed by atoms with E-state index in [2.05, 4.69) is 6.92 Å². The van der Waals surface area contributed by atoms with E-state index in [-0.39, 0.29) is 5.91 Å². The van der Waals surface area contributed by atoms with Crippen molar-refractivity contribution in [3.8, 4) is 0 Å². The highest BCUT2D eigenvalue weighted by molar-refractivity contribution is 7.80. The van der Waals surface area contributed by atoms with Gasteiger partial charge in [0, 0.05) is 25.9 Å². The number of thiocarbonyl (C=S) groups is 1. The maximum atomic E-state index is 11.5. The van der Waals surface area contributed by atoms with Crippen molar-refractivity contribution in [2.45, 2.75) is 39.5 Å². The predicted molar refractivity (Wildman–Crippen MR) is 63.2 cm³/mol. The summed E-state index contributed by atoms with van der Waals surface area (Å²) in [5.41, 5.74) is 5.40. The third-order valence-corrected chi connectivity index (χ3v) is 2.27. The van der Waals surface area contributed by atoms with Crippen molar-refractivity contribution in [1.29, 1.82) is 0 Å². The highest BCUT2D eigenvalue weighted by Crippen LogP contribution is 2.00. The Morgan fingerprint density at radius 2 is 2.00 bits per heavy atom. The fraction of sp³-hybridized carbons (Fsp3) is 0.800. The van der Waals surface area contributed by atoms with Crippen LogP contribution in [-0.4, -0.2) is 28.9 Å². The zero-order chi connectivity index (χ0) is 11.0. The number of nitrogens with two attached hydrogens (primary N) is 1. The normalized spacial score (nSPS) is 9.86. The van der Waals surface area contributed by atoms with E-state index in [0.717, 1.165) is 19.4 Å². The lowest BCUT2D eigenvalue weighted by Crippen LogP contribution is -2.34. The van der Waals surface area contributed by atoms with Gasteiger partial charge in [0.2, 0.25) is 5.91 Å². The molecule has 0 radical (unpaired) electrons. The van der Waals surface area contributed by atoms with Crippen LogP contribution in [0.1, 0.15) is 39.5 Å². The molecule has 0 aromatic rings. The molecule has 2 N–H and O–H groups in total. The molecule has 0 bridgehead atoms. The first kappa shape index (κ1) is 13.4. The third kappa shape index (κ3) is 5.91. The summed E-state index contributed by atoms with van der Waals surface area (Å²) in [5, 5.41) is 0. The minimum absolute atomic E-state index is 0.190. The number of carbonyl (C=O) groups is 1. The summed E-state index contributed by atoms with van der Waals surface area (Å²) < 4.78 is 0. The fourth-order valence-corrected chi connectivity index (χ4v) is 1.27. The summed E-state index contributed by atoms with van der Waals surface area (Å²) in [7, 11) is 0. The Morgan fingerprint density at radius 3 is 2.43 bits per heavy atom. The van der Waals surface area contributed by atoms with Crippen molar-refractivity contribution < 1.29 is 4.79 Å². The van der Waals surface area contributed by atoms with E-state index in [0.29, 0.717) is 24.4 Å². The second kappa shape index (κ2) is 7.74. The molecule has 14 heavy (non-hydrogen) atoms. The summed E-state index contributed by atoms with van der Waals surface area (Å²) in [4.78, 5) is 13.8. The van der Waals surface area contributed by atoms with Gasteiger partial charge in [-0.25, -0.2) is 0 Å². The maximum absolute atomic E-state index is 11.5. The van der Waals surface area contributed by atoms with Crippen molar-refractivity contribution in [3.05, 3.63) is 0 Å². The van der Waals surface area contributed by atoms with E-state index in [1.54, 1.807) is 0 Å². The molecule has 0 aliphatic rings. The minimum atomic E-state index is 0.190. The van der Waals surface area contributed by atoms with Gasteiger partial charge >= 0.3 is 0 Å². The molecule has 0 spiro atoms. The molecule has 0 atom stereocenters. The second-order valence-corrected chi connectivity index (χ2v) is 3.83. The van der Waals surface area contributed by atoms with Gasteiger partial charge in [-0.2, -0.15) is 0 Å². The molecule has 0 aromatic carbocycles. The number of hydrogen-bond donors (Lipinski definition) is 1. The van der Waals surface area contributed by atoms with Gasteiger partial charge < -0.3 is 10.6 Å². The van der Waals surface area contributed by atoms with Crippen LogP contribution in [0.5, 0.6) is 0 Å². The van der Waals surface area contributed by atoms with E-state index >= 15 is 0 Å². The molecule has 0 unspecified atom stereocenters. The molecule has 0 aliphatic heterocycles. The van der Waals surface area contributed by atoms with Crippen molar-refractivity contribution in [2.24, 2.45) is 5.73 Å². The lowest BCUT2D eigenvalue weighted by molar-refractivity contribution is -0.130. The summed E-state index contributed by atoms with van der Waals surface area (Å²) in [6, 6.07) is 0. The van der Waals surface area contributed by atoms with Crippen LogP contribution in [0.2, 0.25) is 0 Å². The Labute approximate surface area is 91.6 Å². The minimum Gasteiger partial charge on any atom is -0.393 e. The Hall–Kier alpha value is -0.640. The van der Waals surface area contributed by atoms with Crippen LogP contribution in [0.15, 0.2) is 0 Å². The molecule has 0 aromatic heterocycles. The van der Waals surface area contributed by atoms with Crippen LogP contribution in [0.4, 0.5) is 0 Å². The highest BCUT2D eigenvalue weighted by Gasteiger charge is 2.10. The molecule has 0 saturated heterocycles. The number of nitrogens with zero attached hydrogens (tertiary/aromatic N) is 1. The molecular formula is C10H20N2OS. The molecule has 0 rings (SSSR count). The van der Waals surface area contributed by atoms with Gasteiger partial charge in [-0.1, -0.05) is 32.5 Å². The van der Waals surface area contributed by atoms with Crippen LogP contribution in [0, 0.1) is 0 Å². The van der Waals surface area contributed by atoms with E-state index < -0.39 is 0 Å². The lowest BCUT2D eigenvalue weighted by atomic mass is 10.2. The quantitative estimate of drug-likeness (QED) is 0.659. The van der Waals surface area contributed by atoms with E-state index in [9.17, 15) is 4.79 Å². The first-order valence-corrected chi connectivity index (χ1v) is 5.58. The molecule has 0 fully saturated rings. The van der Waals surface area contributed by atoms with E-state index in [4.69, 9.17) is 18.0 Å². The number of rotatable bonds is 7. The zero-order valence-electron chi connectivity index (χ0n) is 9.08. The Kier molecular flexibility index (Phi) is 7.38. The van der Waals surface area contributed by atoms with Gasteiger partial charge in [0.15, 0.2) is 0 Å². The van der Waals surface area contributed by atoms with Crippen LogP contribution in [0.3, 0.4) is 0 Å². The standard InChI is InChI=1S/C10H20N2OS/c1-3-5-7-12(10(13)4-2)8-6-9(11)14/h3-8H2,1-2H3,(H2,11,14). The second-order valence-electron chi connectivity index (χ2n) is 3.30. The van der Waals surface area contributed by atoms with Crippen LogP contribution >= 0.6 is 12.2 Å². The average Bonchev–Trinajstić information content (AvgIpc) is 2.16. The first-order valence-electron chi connectivity index (χ1n) is 5.17. The monoisotopic (exact) mass is 216 g/mol. The summed E-state index contributed by atoms with van der Waals surface area (Å²) >= 11 is 4.79. The zero-order valence-corrected chi connectivity index (χ0v) is 9.90. The van der Waals surface area contributed by atoms with Gasteiger partial charge in [-0.15, -0.1) is 0 Å². The number of hydrogen-bond acceptors (Lipinski definition) is 2. The lowest BCUT2D eigenvalue weighted by Gasteiger charge is -2.21. The molecule has 0 aliphatic carbocycles. The van der Waals surface area contributed by atoms with Crippen molar-refractivity contribution in [1.82, 2.24) is 4.90 Å². The van der Waals surface area contributed by atoms with Gasteiger partial charge in [-0.05, 0) is 6.42 Å². The van der Waals surface area contributed by atoms with Gasteiger partial charge in [0.1, 0.15) is 0 Å².